The number of hydrogen-bond acceptors (Lipinski definition) is 3. The van der Waals surface area contributed by atoms with Crippen LogP contribution in [0.5, 0.6) is 5.75 Å². The summed E-state index contributed by atoms with van der Waals surface area (Å²) in [5, 5.41) is 1.54. The van der Waals surface area contributed by atoms with Crippen LogP contribution in [-0.2, 0) is 11.8 Å². The highest BCUT2D eigenvalue weighted by Crippen LogP contribution is 2.54. The molecule has 1 aliphatic carbocycles. The summed E-state index contributed by atoms with van der Waals surface area (Å²) in [5.74, 6) is -5.00. The second kappa shape index (κ2) is 12.5. The van der Waals surface area contributed by atoms with E-state index in [2.05, 4.69) is 4.74 Å². The normalized spacial score (nSPS) is 14.5. The Bertz CT molecular complexity index is 1660. The van der Waals surface area contributed by atoms with Crippen LogP contribution in [0.3, 0.4) is 0 Å². The van der Waals surface area contributed by atoms with Gasteiger partial charge in [0, 0.05) is 17.7 Å². The summed E-state index contributed by atoms with van der Waals surface area (Å²) in [6.45, 7) is -0.162. The van der Waals surface area contributed by atoms with E-state index < -0.39 is 88.1 Å². The molecule has 0 radical (unpaired) electrons. The lowest BCUT2D eigenvalue weighted by atomic mass is 9.92. The molecule has 3 aromatic carbocycles. The van der Waals surface area contributed by atoms with Crippen molar-refractivity contribution in [3.63, 3.8) is 0 Å². The number of ether oxygens (including phenoxy) is 1. The molecule has 1 fully saturated rings. The molecule has 5 nitrogen and oxygen atoms in total. The van der Waals surface area contributed by atoms with E-state index in [0.717, 1.165) is 47.4 Å². The van der Waals surface area contributed by atoms with Crippen molar-refractivity contribution in [3.05, 3.63) is 88.7 Å². The summed E-state index contributed by atoms with van der Waals surface area (Å²) >= 11 is 0. The highest BCUT2D eigenvalue weighted by Gasteiger charge is 2.73. The van der Waals surface area contributed by atoms with Crippen LogP contribution in [0.2, 0.25) is 0 Å². The lowest BCUT2D eigenvalue weighted by molar-refractivity contribution is -0.348. The third kappa shape index (κ3) is 7.59. The molecular weight excluding hydrogens is 690 g/mol. The molecule has 0 spiro atoms. The summed E-state index contributed by atoms with van der Waals surface area (Å²) in [5.41, 5.74) is -14.4. The predicted molar refractivity (Wildman–Crippen MR) is 138 cm³/mol. The maximum atomic E-state index is 15.8. The largest absolute Gasteiger partial charge is 0.573 e. The predicted octanol–water partition coefficient (Wildman–Crippen LogP) is 9.34. The fraction of sp³-hybridized carbons (Fsp3) is 0.310. The van der Waals surface area contributed by atoms with E-state index >= 15 is 4.39 Å². The van der Waals surface area contributed by atoms with Crippen LogP contribution in [0.1, 0.15) is 44.7 Å². The van der Waals surface area contributed by atoms with Gasteiger partial charge in [0.05, 0.1) is 22.5 Å². The molecular formula is C29H18F14N2O3. The van der Waals surface area contributed by atoms with Crippen molar-refractivity contribution in [1.29, 1.82) is 0 Å². The van der Waals surface area contributed by atoms with Gasteiger partial charge in [-0.25, -0.2) is 8.78 Å². The number of carbonyl (C=O) groups excluding carboxylic acids is 2. The smallest absolute Gasteiger partial charge is 0.406 e. The number of hydrogen-bond donors (Lipinski definition) is 1. The first-order valence-corrected chi connectivity index (χ1v) is 13.3. The fourth-order valence-corrected chi connectivity index (χ4v) is 4.49. The second-order valence-corrected chi connectivity index (χ2v) is 10.4. The van der Waals surface area contributed by atoms with E-state index in [1.807, 2.05) is 0 Å². The molecule has 3 aromatic rings. The van der Waals surface area contributed by atoms with E-state index in [4.69, 9.17) is 0 Å². The van der Waals surface area contributed by atoms with Crippen LogP contribution >= 0.6 is 0 Å². The molecule has 48 heavy (non-hydrogen) atoms. The van der Waals surface area contributed by atoms with E-state index in [1.165, 1.54) is 0 Å². The number of anilines is 2. The van der Waals surface area contributed by atoms with Crippen LogP contribution in [0.4, 0.5) is 72.8 Å². The van der Waals surface area contributed by atoms with Crippen molar-refractivity contribution in [2.24, 2.45) is 5.92 Å². The fourth-order valence-electron chi connectivity index (χ4n) is 4.49. The minimum Gasteiger partial charge on any atom is -0.406 e. The Morgan fingerprint density at radius 1 is 0.792 bits per heavy atom. The van der Waals surface area contributed by atoms with Crippen LogP contribution in [-0.4, -0.2) is 37.1 Å². The van der Waals surface area contributed by atoms with Crippen molar-refractivity contribution in [3.8, 4) is 5.75 Å². The molecule has 260 valence electrons. The van der Waals surface area contributed by atoms with Crippen LogP contribution in [0, 0.1) is 11.7 Å². The molecule has 0 atom stereocenters. The van der Waals surface area contributed by atoms with E-state index in [-0.39, 0.29) is 30.2 Å². The first-order chi connectivity index (χ1) is 21.9. The van der Waals surface area contributed by atoms with Gasteiger partial charge in [-0.15, -0.1) is 13.2 Å². The van der Waals surface area contributed by atoms with Gasteiger partial charge < -0.3 is 15.0 Å². The average molecular weight is 708 g/mol. The van der Waals surface area contributed by atoms with Gasteiger partial charge in [-0.2, -0.15) is 39.5 Å². The number of benzene rings is 3. The van der Waals surface area contributed by atoms with Crippen LogP contribution < -0.4 is 15.0 Å². The number of rotatable bonds is 8. The van der Waals surface area contributed by atoms with Gasteiger partial charge in [0.15, 0.2) is 5.82 Å². The molecule has 1 N–H and O–H groups in total. The zero-order chi connectivity index (χ0) is 36.0. The summed E-state index contributed by atoms with van der Waals surface area (Å²) in [6.07, 6.45) is -23.1. The molecule has 19 heteroatoms. The van der Waals surface area contributed by atoms with Crippen molar-refractivity contribution < 1.29 is 75.8 Å². The van der Waals surface area contributed by atoms with Gasteiger partial charge in [0.1, 0.15) is 5.75 Å². The van der Waals surface area contributed by atoms with Crippen molar-refractivity contribution >= 4 is 23.2 Å². The third-order valence-electron chi connectivity index (χ3n) is 6.98. The number of alkyl halides is 13. The quantitative estimate of drug-likeness (QED) is 0.238. The third-order valence-corrected chi connectivity index (χ3v) is 6.98. The molecule has 0 aliphatic heterocycles. The zero-order valence-corrected chi connectivity index (χ0v) is 23.4. The van der Waals surface area contributed by atoms with Crippen LogP contribution in [0.25, 0.3) is 0 Å². The van der Waals surface area contributed by atoms with Crippen molar-refractivity contribution in [1.82, 2.24) is 0 Å². The highest BCUT2D eigenvalue weighted by molar-refractivity contribution is 6.09. The maximum Gasteiger partial charge on any atom is 0.573 e. The molecule has 4 rings (SSSR count). The monoisotopic (exact) mass is 708 g/mol. The van der Waals surface area contributed by atoms with Gasteiger partial charge in [0.25, 0.3) is 11.8 Å². The molecule has 0 heterocycles. The summed E-state index contributed by atoms with van der Waals surface area (Å²) in [6, 6.07) is 5.07. The van der Waals surface area contributed by atoms with Gasteiger partial charge in [-0.05, 0) is 67.3 Å². The minimum atomic E-state index is -6.74. The van der Waals surface area contributed by atoms with E-state index in [0.29, 0.717) is 12.8 Å². The number of amides is 2. The summed E-state index contributed by atoms with van der Waals surface area (Å²) in [7, 11) is 0. The number of nitrogens with zero attached hydrogens (tertiary/aromatic N) is 1. The molecule has 0 bridgehead atoms. The molecule has 0 unspecified atom stereocenters. The average Bonchev–Trinajstić information content (AvgIpc) is 3.78. The van der Waals surface area contributed by atoms with Crippen molar-refractivity contribution in [2.75, 3.05) is 16.8 Å². The van der Waals surface area contributed by atoms with Gasteiger partial charge in [-0.1, -0.05) is 12.1 Å². The number of carbonyl (C=O) groups is 2. The Morgan fingerprint density at radius 3 is 1.88 bits per heavy atom. The topological polar surface area (TPSA) is 58.6 Å². The molecule has 1 saturated carbocycles. The Labute approximate surface area is 260 Å². The Hall–Kier alpha value is -4.58. The minimum absolute atomic E-state index is 0.0707. The number of halogens is 14. The Morgan fingerprint density at radius 2 is 1.38 bits per heavy atom. The van der Waals surface area contributed by atoms with Gasteiger partial charge in [0.2, 0.25) is 0 Å². The Balaban J connectivity index is 1.69. The summed E-state index contributed by atoms with van der Waals surface area (Å²) < 4.78 is 192. The van der Waals surface area contributed by atoms with Gasteiger partial charge in [-0.3, -0.25) is 9.59 Å². The highest BCUT2D eigenvalue weighted by atomic mass is 19.4. The lowest BCUT2D eigenvalue weighted by Gasteiger charge is -2.31. The molecule has 0 aromatic heterocycles. The van der Waals surface area contributed by atoms with Crippen molar-refractivity contribution in [2.45, 2.75) is 43.4 Å². The van der Waals surface area contributed by atoms with E-state index in [9.17, 15) is 66.7 Å². The second-order valence-electron chi connectivity index (χ2n) is 10.4. The maximum absolute atomic E-state index is 15.8. The molecule has 1 aliphatic rings. The van der Waals surface area contributed by atoms with Gasteiger partial charge >= 0.3 is 30.6 Å². The molecule has 2 amide bonds. The SMILES string of the molecule is O=C(Nc1ccc(C(F)(C(F)(F)F)C(F)(F)F)cc1C(F)(F)F)c1cccc(N(CC2CC2)C(=O)c2ccc(OC(F)(F)F)cc2)c1F. The first kappa shape index (κ1) is 36.3. The first-order valence-electron chi connectivity index (χ1n) is 13.3. The summed E-state index contributed by atoms with van der Waals surface area (Å²) in [4.78, 5) is 27.1. The van der Waals surface area contributed by atoms with E-state index in [1.54, 1.807) is 5.32 Å². The molecule has 0 saturated heterocycles. The standard InChI is InChI=1S/C29H18F14N2O3/c30-22-18(23(46)44-20-11-8-16(12-19(20)26(32,33)34)25(31,27(35,36)37)28(38,39)40)2-1-3-21(22)45(13-14-4-5-14)24(47)15-6-9-17(10-7-15)48-29(41,42)43/h1-3,6-12,14H,4-5,13H2,(H,44,46). The van der Waals surface area contributed by atoms with Crippen LogP contribution in [0.15, 0.2) is 60.7 Å². The zero-order valence-electron chi connectivity index (χ0n) is 23.4. The lowest BCUT2D eigenvalue weighted by Crippen LogP contribution is -2.50. The Kier molecular flexibility index (Phi) is 9.41. The number of nitrogens with one attached hydrogen (secondary N) is 1.